The first-order chi connectivity index (χ1) is 22.6. The molecule has 49 heavy (non-hydrogen) atoms. The quantitative estimate of drug-likeness (QED) is 0.0863. The number of carbonyl (C=O) groups is 1. The molecule has 4 nitrogen and oxygen atoms in total. The number of aryl methyl sites for hydroxylation is 2. The molecule has 0 amide bonds. The fourth-order valence-corrected chi connectivity index (χ4v) is 7.39. The van der Waals surface area contributed by atoms with Crippen molar-refractivity contribution in [2.24, 2.45) is 17.3 Å². The van der Waals surface area contributed by atoms with Crippen LogP contribution in [0.15, 0.2) is 60.6 Å². The van der Waals surface area contributed by atoms with Crippen LogP contribution in [0.3, 0.4) is 0 Å². The van der Waals surface area contributed by atoms with Crippen LogP contribution in [-0.4, -0.2) is 27.0 Å². The van der Waals surface area contributed by atoms with Gasteiger partial charge in [0.2, 0.25) is 0 Å². The van der Waals surface area contributed by atoms with E-state index < -0.39 is 11.6 Å². The average Bonchev–Trinajstić information content (AvgIpc) is 3.40. The zero-order chi connectivity index (χ0) is 35.4. The molecule has 0 unspecified atom stereocenters. The maximum absolute atomic E-state index is 13.4. The van der Waals surface area contributed by atoms with Gasteiger partial charge in [0.15, 0.2) is 5.78 Å². The predicted molar refractivity (Wildman–Crippen MR) is 194 cm³/mol. The summed E-state index contributed by atoms with van der Waals surface area (Å²) in [5, 5.41) is 13.8. The van der Waals surface area contributed by atoms with E-state index in [1.165, 1.54) is 19.9 Å². The Morgan fingerprint density at radius 2 is 1.53 bits per heavy atom. The van der Waals surface area contributed by atoms with Gasteiger partial charge in [0, 0.05) is 88.4 Å². The second kappa shape index (κ2) is 16.7. The van der Waals surface area contributed by atoms with Crippen LogP contribution < -0.4 is 0 Å². The summed E-state index contributed by atoms with van der Waals surface area (Å²) in [4.78, 5) is 20.8. The van der Waals surface area contributed by atoms with Gasteiger partial charge in [-0.05, 0) is 48.6 Å². The zero-order valence-corrected chi connectivity index (χ0v) is 32.7. The standard InChI is InChI=1S/C27H22F3N2S.C13H24O2.Ir/c1-15-9-16(2)11-18(10-15)23-25-21(7-8-31-23)20-6-5-17-12-19(13-26(3,4)27(28,29)30)32-14-22(17)24(20)33-25;1-5-10(6-2)12(14)9-13(15)11(7-3)8-4;/h5-10,12,14H,13H2,1-4H3;9-11,14H,5-8H2,1-4H3;/q-1;;/b;12-9-;. The van der Waals surface area contributed by atoms with Crippen molar-refractivity contribution in [1.29, 1.82) is 0 Å². The molecule has 2 aromatic carbocycles. The molecule has 0 aliphatic carbocycles. The summed E-state index contributed by atoms with van der Waals surface area (Å²) in [5.74, 6) is 0.547. The Morgan fingerprint density at radius 1 is 0.898 bits per heavy atom. The second-order valence-corrected chi connectivity index (χ2v) is 14.3. The zero-order valence-electron chi connectivity index (χ0n) is 29.5. The van der Waals surface area contributed by atoms with Crippen molar-refractivity contribution in [3.05, 3.63) is 83.5 Å². The normalized spacial score (nSPS) is 12.5. The fourth-order valence-electron chi connectivity index (χ4n) is 6.07. The van der Waals surface area contributed by atoms with Crippen molar-refractivity contribution < 1.29 is 43.2 Å². The Morgan fingerprint density at radius 3 is 2.12 bits per heavy atom. The topological polar surface area (TPSA) is 63.1 Å². The first kappa shape index (κ1) is 40.3. The molecule has 0 saturated heterocycles. The summed E-state index contributed by atoms with van der Waals surface area (Å²) in [6.45, 7) is 14.6. The van der Waals surface area contributed by atoms with Crippen LogP contribution >= 0.6 is 11.3 Å². The van der Waals surface area contributed by atoms with Gasteiger partial charge in [-0.1, -0.05) is 67.5 Å². The third-order valence-electron chi connectivity index (χ3n) is 9.19. The molecule has 0 aliphatic heterocycles. The minimum atomic E-state index is -4.28. The molecule has 0 fully saturated rings. The molecule has 0 atom stereocenters. The number of ketones is 1. The number of halogens is 3. The van der Waals surface area contributed by atoms with Crippen LogP contribution in [0.2, 0.25) is 0 Å². The Hall–Kier alpha value is -3.13. The number of aliphatic hydroxyl groups excluding tert-OH is 1. The summed E-state index contributed by atoms with van der Waals surface area (Å²) >= 11 is 1.65. The van der Waals surface area contributed by atoms with Crippen LogP contribution in [0, 0.1) is 37.2 Å². The van der Waals surface area contributed by atoms with E-state index in [2.05, 4.69) is 35.1 Å². The SMILES string of the molecule is CCC(CC)C(=O)/C=C(\O)C(CC)CC.Cc1[c-]c(-c2nccc3c2sc2c4cnc(CC(C)(C)C(F)(F)F)cc4ccc32)cc(C)c1.[Ir]. The van der Waals surface area contributed by atoms with Crippen molar-refractivity contribution >= 4 is 48.1 Å². The fraction of sp³-hybridized carbons (Fsp3) is 0.425. The Kier molecular flexibility index (Phi) is 13.7. The molecule has 9 heteroatoms. The molecule has 1 radical (unpaired) electrons. The van der Waals surface area contributed by atoms with Crippen LogP contribution in [0.1, 0.15) is 84.0 Å². The molecule has 0 bridgehead atoms. The smallest absolute Gasteiger partial charge is 0.394 e. The molecule has 0 saturated carbocycles. The monoisotopic (exact) mass is 868 g/mol. The number of hydrogen-bond donors (Lipinski definition) is 1. The van der Waals surface area contributed by atoms with E-state index >= 15 is 0 Å². The Balaban J connectivity index is 0.000000347. The second-order valence-electron chi connectivity index (χ2n) is 13.3. The first-order valence-corrected chi connectivity index (χ1v) is 17.6. The molecule has 3 heterocycles. The summed E-state index contributed by atoms with van der Waals surface area (Å²) in [6.07, 6.45) is 4.00. The molecule has 0 spiro atoms. The summed E-state index contributed by atoms with van der Waals surface area (Å²) in [7, 11) is 0. The van der Waals surface area contributed by atoms with Gasteiger partial charge in [-0.3, -0.25) is 9.78 Å². The molecule has 3 aromatic heterocycles. The van der Waals surface area contributed by atoms with Gasteiger partial charge in [0.1, 0.15) is 0 Å². The van der Waals surface area contributed by atoms with Gasteiger partial charge >= 0.3 is 6.18 Å². The van der Waals surface area contributed by atoms with E-state index in [0.29, 0.717) is 5.69 Å². The maximum atomic E-state index is 13.4. The first-order valence-electron chi connectivity index (χ1n) is 16.7. The average molecular weight is 868 g/mol. The van der Waals surface area contributed by atoms with E-state index in [0.717, 1.165) is 79.0 Å². The van der Waals surface area contributed by atoms with Gasteiger partial charge < -0.3 is 10.1 Å². The van der Waals surface area contributed by atoms with Crippen LogP contribution in [0.4, 0.5) is 13.2 Å². The molecule has 1 N–H and O–H groups in total. The number of alkyl halides is 3. The number of pyridine rings is 2. The maximum Gasteiger partial charge on any atom is 0.394 e. The number of carbonyl (C=O) groups excluding carboxylic acids is 1. The number of nitrogens with zero attached hydrogens (tertiary/aromatic N) is 2. The summed E-state index contributed by atoms with van der Waals surface area (Å²) in [6, 6.07) is 15.4. The van der Waals surface area contributed by atoms with Gasteiger partial charge in [0.05, 0.1) is 11.2 Å². The van der Waals surface area contributed by atoms with Gasteiger partial charge in [-0.15, -0.1) is 46.2 Å². The number of aromatic nitrogens is 2. The third-order valence-corrected chi connectivity index (χ3v) is 10.4. The number of thiophene rings is 1. The van der Waals surface area contributed by atoms with Gasteiger partial charge in [-0.25, -0.2) is 0 Å². The number of benzene rings is 2. The van der Waals surface area contributed by atoms with E-state index in [1.54, 1.807) is 23.6 Å². The molecular formula is C40H46F3IrN2O2S-. The Labute approximate surface area is 305 Å². The summed E-state index contributed by atoms with van der Waals surface area (Å²) < 4.78 is 42.2. The van der Waals surface area contributed by atoms with Crippen LogP contribution in [-0.2, 0) is 31.3 Å². The van der Waals surface area contributed by atoms with Gasteiger partial charge in [-0.2, -0.15) is 13.2 Å². The van der Waals surface area contributed by atoms with Crippen LogP contribution in [0.5, 0.6) is 0 Å². The summed E-state index contributed by atoms with van der Waals surface area (Å²) in [5.41, 5.74) is 2.68. The van der Waals surface area contributed by atoms with E-state index in [9.17, 15) is 23.1 Å². The number of fused-ring (bicyclic) bond motifs is 5. The number of aliphatic hydroxyl groups is 1. The Bertz CT molecular complexity index is 1920. The van der Waals surface area contributed by atoms with E-state index in [-0.39, 0.29) is 49.9 Å². The minimum absolute atomic E-state index is 0. The number of allylic oxidation sites excluding steroid dienone is 2. The van der Waals surface area contributed by atoms with Crippen molar-refractivity contribution in [2.45, 2.75) is 93.7 Å². The molecule has 5 aromatic rings. The van der Waals surface area contributed by atoms with E-state index in [4.69, 9.17) is 0 Å². The molecule has 265 valence electrons. The van der Waals surface area contributed by atoms with Crippen molar-refractivity contribution in [3.8, 4) is 11.3 Å². The van der Waals surface area contributed by atoms with E-state index in [1.807, 2.05) is 59.0 Å². The number of rotatable bonds is 10. The third kappa shape index (κ3) is 9.16. The van der Waals surface area contributed by atoms with Crippen LogP contribution in [0.25, 0.3) is 42.2 Å². The van der Waals surface area contributed by atoms with Crippen molar-refractivity contribution in [3.63, 3.8) is 0 Å². The predicted octanol–water partition coefficient (Wildman–Crippen LogP) is 12.1. The van der Waals surface area contributed by atoms with Crippen molar-refractivity contribution in [1.82, 2.24) is 9.97 Å². The molecule has 5 rings (SSSR count). The molecule has 0 aliphatic rings. The van der Waals surface area contributed by atoms with Gasteiger partial charge in [0.25, 0.3) is 0 Å². The molecular weight excluding hydrogens is 822 g/mol. The van der Waals surface area contributed by atoms with Crippen molar-refractivity contribution in [2.75, 3.05) is 0 Å². The minimum Gasteiger partial charge on any atom is -0.512 e. The number of hydrogen-bond acceptors (Lipinski definition) is 5. The largest absolute Gasteiger partial charge is 0.512 e.